The number of para-hydroxylation sites is 1. The molecule has 1 atom stereocenters. The molecule has 130 valence electrons. The summed E-state index contributed by atoms with van der Waals surface area (Å²) in [5, 5.41) is 13.3. The second-order valence-electron chi connectivity index (χ2n) is 6.70. The third-order valence-electron chi connectivity index (χ3n) is 4.91. The first-order valence-corrected chi connectivity index (χ1v) is 8.36. The minimum absolute atomic E-state index is 0.0166. The molecule has 0 saturated heterocycles. The van der Waals surface area contributed by atoms with E-state index in [9.17, 15) is 14.7 Å². The van der Waals surface area contributed by atoms with Crippen LogP contribution >= 0.6 is 0 Å². The molecule has 2 N–H and O–H groups in total. The molecule has 2 heterocycles. The molecule has 2 aromatic rings. The number of nitrogens with one attached hydrogen (secondary N) is 1. The van der Waals surface area contributed by atoms with Gasteiger partial charge in [0.15, 0.2) is 0 Å². The lowest BCUT2D eigenvalue weighted by atomic mass is 9.89. The normalized spacial score (nSPS) is 20.0. The molecule has 1 aromatic heterocycles. The molecule has 6 heteroatoms. The van der Waals surface area contributed by atoms with Crippen LogP contribution < -0.4 is 5.32 Å². The first-order chi connectivity index (χ1) is 11.8. The summed E-state index contributed by atoms with van der Waals surface area (Å²) in [4.78, 5) is 33.6. The maximum atomic E-state index is 12.5. The number of carboxylic acid groups (broad SMARTS) is 1. The number of nitrogens with zero attached hydrogens (tertiary/aromatic N) is 2. The summed E-state index contributed by atoms with van der Waals surface area (Å²) < 4.78 is 0. The lowest BCUT2D eigenvalue weighted by molar-refractivity contribution is -0.124. The number of carboxylic acids is 1. The predicted octanol–water partition coefficient (Wildman–Crippen LogP) is 2.79. The zero-order valence-electron chi connectivity index (χ0n) is 14.8. The molecule has 0 bridgehead atoms. The maximum absolute atomic E-state index is 12.5. The van der Waals surface area contributed by atoms with E-state index in [4.69, 9.17) is 0 Å². The molecular weight excluding hydrogens is 318 g/mol. The van der Waals surface area contributed by atoms with E-state index < -0.39 is 11.5 Å². The molecule has 1 amide bonds. The highest BCUT2D eigenvalue weighted by Gasteiger charge is 2.43. The molecule has 0 saturated carbocycles. The van der Waals surface area contributed by atoms with E-state index >= 15 is 0 Å². The fourth-order valence-corrected chi connectivity index (χ4v) is 3.05. The minimum atomic E-state index is -1.07. The molecule has 1 aliphatic heterocycles. The molecule has 0 aliphatic carbocycles. The van der Waals surface area contributed by atoms with Gasteiger partial charge in [-0.1, -0.05) is 39.0 Å². The summed E-state index contributed by atoms with van der Waals surface area (Å²) in [6, 6.07) is 7.32. The first kappa shape index (κ1) is 17.1. The van der Waals surface area contributed by atoms with Crippen molar-refractivity contribution in [3.05, 3.63) is 41.1 Å². The van der Waals surface area contributed by atoms with Gasteiger partial charge in [-0.25, -0.2) is 4.79 Å². The Kier molecular flexibility index (Phi) is 4.06. The standard InChI is InChI=1S/C19H21N3O3/c1-5-12-15(17(23)24)14(11-8-6-7-9-13(11)20-12)16-21-18(25)19(4,22-16)10(2)3/h6-10H,5H2,1-4H3,(H,23,24)(H,21,22,25). The second-order valence-corrected chi connectivity index (χ2v) is 6.70. The van der Waals surface area contributed by atoms with E-state index in [2.05, 4.69) is 15.3 Å². The number of amidine groups is 1. The monoisotopic (exact) mass is 339 g/mol. The number of aromatic carboxylic acids is 1. The van der Waals surface area contributed by atoms with Gasteiger partial charge in [0.1, 0.15) is 11.4 Å². The number of hydrogen-bond donors (Lipinski definition) is 2. The van der Waals surface area contributed by atoms with Gasteiger partial charge >= 0.3 is 5.97 Å². The number of aryl methyl sites for hydroxylation is 1. The van der Waals surface area contributed by atoms with Crippen molar-refractivity contribution in [1.82, 2.24) is 10.3 Å². The lowest BCUT2D eigenvalue weighted by Gasteiger charge is -2.21. The van der Waals surface area contributed by atoms with Crippen molar-refractivity contribution in [1.29, 1.82) is 0 Å². The van der Waals surface area contributed by atoms with Crippen LogP contribution in [-0.4, -0.2) is 33.3 Å². The van der Waals surface area contributed by atoms with Gasteiger partial charge in [-0.15, -0.1) is 0 Å². The van der Waals surface area contributed by atoms with Crippen molar-refractivity contribution >= 4 is 28.6 Å². The van der Waals surface area contributed by atoms with Crippen LogP contribution in [0.2, 0.25) is 0 Å². The molecular formula is C19H21N3O3. The fraction of sp³-hybridized carbons (Fsp3) is 0.368. The van der Waals surface area contributed by atoms with Crippen LogP contribution in [0.4, 0.5) is 0 Å². The molecule has 6 nitrogen and oxygen atoms in total. The SMILES string of the molecule is CCc1nc2ccccc2c(C2=NC(C)(C(C)C)C(=O)N2)c1C(=O)O. The number of rotatable bonds is 4. The zero-order chi connectivity index (χ0) is 18.4. The lowest BCUT2D eigenvalue weighted by Crippen LogP contribution is -2.41. The van der Waals surface area contributed by atoms with Gasteiger partial charge in [0, 0.05) is 10.9 Å². The van der Waals surface area contributed by atoms with Gasteiger partial charge in [0.25, 0.3) is 5.91 Å². The van der Waals surface area contributed by atoms with Crippen LogP contribution in [0, 0.1) is 5.92 Å². The van der Waals surface area contributed by atoms with E-state index in [1.54, 1.807) is 6.92 Å². The van der Waals surface area contributed by atoms with E-state index in [0.29, 0.717) is 34.4 Å². The Morgan fingerprint density at radius 2 is 2.00 bits per heavy atom. The summed E-state index contributed by atoms with van der Waals surface area (Å²) >= 11 is 0. The number of hydrogen-bond acceptors (Lipinski definition) is 4. The van der Waals surface area contributed by atoms with Gasteiger partial charge in [0.05, 0.1) is 16.8 Å². The Morgan fingerprint density at radius 1 is 1.32 bits per heavy atom. The summed E-state index contributed by atoms with van der Waals surface area (Å²) in [6.07, 6.45) is 0.474. The first-order valence-electron chi connectivity index (χ1n) is 8.36. The van der Waals surface area contributed by atoms with Gasteiger partial charge in [0.2, 0.25) is 0 Å². The fourth-order valence-electron chi connectivity index (χ4n) is 3.05. The number of pyridine rings is 1. The number of carbonyl (C=O) groups excluding carboxylic acids is 1. The highest BCUT2D eigenvalue weighted by molar-refractivity contribution is 6.23. The molecule has 0 spiro atoms. The Morgan fingerprint density at radius 3 is 2.56 bits per heavy atom. The average molecular weight is 339 g/mol. The van der Waals surface area contributed by atoms with Crippen molar-refractivity contribution in [3.63, 3.8) is 0 Å². The van der Waals surface area contributed by atoms with Crippen molar-refractivity contribution in [2.45, 2.75) is 39.7 Å². The smallest absolute Gasteiger partial charge is 0.338 e. The molecule has 0 fully saturated rings. The Labute approximate surface area is 146 Å². The van der Waals surface area contributed by atoms with E-state index in [-0.39, 0.29) is 17.4 Å². The van der Waals surface area contributed by atoms with Gasteiger partial charge in [-0.2, -0.15) is 0 Å². The van der Waals surface area contributed by atoms with Crippen molar-refractivity contribution in [3.8, 4) is 0 Å². The second kappa shape index (κ2) is 5.95. The van der Waals surface area contributed by atoms with Crippen LogP contribution in [0.3, 0.4) is 0 Å². The number of aromatic nitrogens is 1. The summed E-state index contributed by atoms with van der Waals surface area (Å²) in [6.45, 7) is 7.48. The van der Waals surface area contributed by atoms with E-state index in [1.165, 1.54) is 0 Å². The maximum Gasteiger partial charge on any atom is 0.338 e. The van der Waals surface area contributed by atoms with Gasteiger partial charge in [-0.05, 0) is 25.3 Å². The Bertz CT molecular complexity index is 918. The third kappa shape index (κ3) is 2.58. The quantitative estimate of drug-likeness (QED) is 0.896. The predicted molar refractivity (Wildman–Crippen MR) is 96.0 cm³/mol. The molecule has 1 unspecified atom stereocenters. The van der Waals surface area contributed by atoms with Crippen molar-refractivity contribution in [2.24, 2.45) is 10.9 Å². The van der Waals surface area contributed by atoms with Crippen LogP contribution in [0.5, 0.6) is 0 Å². The highest BCUT2D eigenvalue weighted by atomic mass is 16.4. The largest absolute Gasteiger partial charge is 0.478 e. The highest BCUT2D eigenvalue weighted by Crippen LogP contribution is 2.31. The minimum Gasteiger partial charge on any atom is -0.478 e. The number of benzene rings is 1. The number of amides is 1. The van der Waals surface area contributed by atoms with Crippen molar-refractivity contribution < 1.29 is 14.7 Å². The molecule has 25 heavy (non-hydrogen) atoms. The molecule has 3 rings (SSSR count). The molecule has 1 aliphatic rings. The van der Waals surface area contributed by atoms with Gasteiger partial charge in [-0.3, -0.25) is 14.8 Å². The Hall–Kier alpha value is -2.76. The summed E-state index contributed by atoms with van der Waals surface area (Å²) in [5.74, 6) is -0.989. The molecule has 1 aromatic carbocycles. The van der Waals surface area contributed by atoms with Crippen LogP contribution in [0.15, 0.2) is 29.3 Å². The van der Waals surface area contributed by atoms with Crippen LogP contribution in [0.25, 0.3) is 10.9 Å². The average Bonchev–Trinajstić information content (AvgIpc) is 2.89. The van der Waals surface area contributed by atoms with Gasteiger partial charge < -0.3 is 10.4 Å². The summed E-state index contributed by atoms with van der Waals surface area (Å²) in [7, 11) is 0. The third-order valence-corrected chi connectivity index (χ3v) is 4.91. The number of carbonyl (C=O) groups is 2. The molecule has 0 radical (unpaired) electrons. The van der Waals surface area contributed by atoms with Crippen LogP contribution in [-0.2, 0) is 11.2 Å². The topological polar surface area (TPSA) is 91.7 Å². The zero-order valence-corrected chi connectivity index (χ0v) is 14.8. The van der Waals surface area contributed by atoms with Crippen LogP contribution in [0.1, 0.15) is 49.3 Å². The number of fused-ring (bicyclic) bond motifs is 1. The van der Waals surface area contributed by atoms with E-state index in [1.807, 2.05) is 45.0 Å². The van der Waals surface area contributed by atoms with E-state index in [0.717, 1.165) is 0 Å². The van der Waals surface area contributed by atoms with Crippen molar-refractivity contribution in [2.75, 3.05) is 0 Å². The number of aliphatic imine (C=N–C) groups is 1. The Balaban J connectivity index is 2.37. The summed E-state index contributed by atoms with van der Waals surface area (Å²) in [5.41, 5.74) is 0.800.